The zero-order chi connectivity index (χ0) is 26.3. The highest BCUT2D eigenvalue weighted by atomic mass is 35.5. The summed E-state index contributed by atoms with van der Waals surface area (Å²) in [6.07, 6.45) is 4.05. The predicted octanol–water partition coefficient (Wildman–Crippen LogP) is 3.82. The van der Waals surface area contributed by atoms with Crippen molar-refractivity contribution in [2.75, 3.05) is 48.0 Å². The molecule has 2 fully saturated rings. The molecule has 36 heavy (non-hydrogen) atoms. The Morgan fingerprint density at radius 1 is 1.11 bits per heavy atom. The fourth-order valence-electron chi connectivity index (χ4n) is 5.38. The van der Waals surface area contributed by atoms with E-state index in [2.05, 4.69) is 58.5 Å². The van der Waals surface area contributed by atoms with E-state index in [4.69, 9.17) is 11.6 Å². The average Bonchev–Trinajstić information content (AvgIpc) is 2.73. The standard InChI is InChI=1S/C24H35ClFN7O2S/c1-23(2)13-17(14-24(3,4)31-23)28-21-19(26)15-27-22(30-21)29-16-6-7-20(18(25)12-16)32-8-10-33(11-9-32)36(5,34)35/h6-7,12,15,17,31H,8-11,13-14H2,1-5H3,(H2,27,28,29,30). The van der Waals surface area contributed by atoms with E-state index in [1.54, 1.807) is 6.07 Å². The maximum atomic E-state index is 14.6. The molecule has 2 aliphatic heterocycles. The molecule has 0 atom stereocenters. The maximum Gasteiger partial charge on any atom is 0.229 e. The number of nitrogens with one attached hydrogen (secondary N) is 3. The Hall–Kier alpha value is -2.21. The summed E-state index contributed by atoms with van der Waals surface area (Å²) in [6, 6.07) is 5.55. The monoisotopic (exact) mass is 539 g/mol. The molecule has 4 rings (SSSR count). The number of sulfonamides is 1. The molecule has 0 radical (unpaired) electrons. The highest BCUT2D eigenvalue weighted by Gasteiger charge is 2.38. The second-order valence-electron chi connectivity index (χ2n) is 11.0. The fraction of sp³-hybridized carbons (Fsp3) is 0.583. The Labute approximate surface area is 217 Å². The van der Waals surface area contributed by atoms with Crippen LogP contribution in [0.25, 0.3) is 0 Å². The van der Waals surface area contributed by atoms with E-state index in [-0.39, 0.29) is 28.9 Å². The number of rotatable bonds is 6. The number of nitrogens with zero attached hydrogens (tertiary/aromatic N) is 4. The number of anilines is 4. The fourth-order valence-corrected chi connectivity index (χ4v) is 6.50. The van der Waals surface area contributed by atoms with Crippen LogP contribution in [0.3, 0.4) is 0 Å². The van der Waals surface area contributed by atoms with E-state index in [1.165, 1.54) is 10.6 Å². The molecule has 1 aromatic carbocycles. The molecule has 0 amide bonds. The molecule has 0 bridgehead atoms. The van der Waals surface area contributed by atoms with Crippen LogP contribution in [0.2, 0.25) is 5.02 Å². The first-order valence-electron chi connectivity index (χ1n) is 12.1. The Kier molecular flexibility index (Phi) is 7.40. The zero-order valence-corrected chi connectivity index (χ0v) is 23.0. The summed E-state index contributed by atoms with van der Waals surface area (Å²) < 4.78 is 39.6. The molecule has 1 aromatic heterocycles. The Morgan fingerprint density at radius 3 is 2.33 bits per heavy atom. The Morgan fingerprint density at radius 2 is 1.75 bits per heavy atom. The molecule has 198 valence electrons. The highest BCUT2D eigenvalue weighted by Crippen LogP contribution is 2.32. The van der Waals surface area contributed by atoms with Gasteiger partial charge in [0.15, 0.2) is 11.6 Å². The van der Waals surface area contributed by atoms with Crippen LogP contribution in [0.4, 0.5) is 27.5 Å². The quantitative estimate of drug-likeness (QED) is 0.509. The van der Waals surface area contributed by atoms with Gasteiger partial charge in [0.1, 0.15) is 0 Å². The molecule has 2 aliphatic rings. The third-order valence-corrected chi connectivity index (χ3v) is 8.13. The summed E-state index contributed by atoms with van der Waals surface area (Å²) in [7, 11) is -3.20. The van der Waals surface area contributed by atoms with Gasteiger partial charge < -0.3 is 20.9 Å². The van der Waals surface area contributed by atoms with Gasteiger partial charge in [0.05, 0.1) is 23.2 Å². The van der Waals surface area contributed by atoms with Crippen LogP contribution in [0.15, 0.2) is 24.4 Å². The van der Waals surface area contributed by atoms with E-state index in [1.807, 2.05) is 12.1 Å². The number of piperazine rings is 1. The van der Waals surface area contributed by atoms with Crippen molar-refractivity contribution in [3.8, 4) is 0 Å². The van der Waals surface area contributed by atoms with E-state index in [0.717, 1.165) is 24.7 Å². The van der Waals surface area contributed by atoms with Crippen molar-refractivity contribution in [1.82, 2.24) is 19.6 Å². The van der Waals surface area contributed by atoms with Gasteiger partial charge in [-0.15, -0.1) is 0 Å². The van der Waals surface area contributed by atoms with Crippen molar-refractivity contribution in [2.45, 2.75) is 57.7 Å². The average molecular weight is 540 g/mol. The molecule has 3 heterocycles. The van der Waals surface area contributed by atoms with Crippen LogP contribution in [-0.2, 0) is 10.0 Å². The number of hydrogen-bond acceptors (Lipinski definition) is 8. The largest absolute Gasteiger partial charge is 0.368 e. The Bertz CT molecular complexity index is 1200. The summed E-state index contributed by atoms with van der Waals surface area (Å²) in [4.78, 5) is 10.5. The van der Waals surface area contributed by atoms with Gasteiger partial charge in [-0.05, 0) is 58.7 Å². The first kappa shape index (κ1) is 26.8. The number of benzene rings is 1. The van der Waals surface area contributed by atoms with Crippen LogP contribution in [0.5, 0.6) is 0 Å². The number of hydrogen-bond donors (Lipinski definition) is 3. The summed E-state index contributed by atoms with van der Waals surface area (Å²) >= 11 is 6.56. The van der Waals surface area contributed by atoms with Gasteiger partial charge in [0.25, 0.3) is 0 Å². The molecule has 12 heteroatoms. The smallest absolute Gasteiger partial charge is 0.229 e. The number of halogens is 2. The van der Waals surface area contributed by atoms with E-state index >= 15 is 0 Å². The van der Waals surface area contributed by atoms with Gasteiger partial charge in [-0.25, -0.2) is 17.8 Å². The van der Waals surface area contributed by atoms with Gasteiger partial charge in [-0.3, -0.25) is 0 Å². The second kappa shape index (κ2) is 9.92. The molecule has 0 spiro atoms. The van der Waals surface area contributed by atoms with Gasteiger partial charge in [0, 0.05) is 49.0 Å². The van der Waals surface area contributed by atoms with Crippen LogP contribution in [0.1, 0.15) is 40.5 Å². The first-order valence-corrected chi connectivity index (χ1v) is 14.3. The predicted molar refractivity (Wildman–Crippen MR) is 143 cm³/mol. The van der Waals surface area contributed by atoms with Crippen LogP contribution in [0, 0.1) is 5.82 Å². The topological polar surface area (TPSA) is 102 Å². The summed E-state index contributed by atoms with van der Waals surface area (Å²) in [5.41, 5.74) is 1.33. The number of aromatic nitrogens is 2. The molecule has 2 saturated heterocycles. The lowest BCUT2D eigenvalue weighted by molar-refractivity contribution is 0.170. The second-order valence-corrected chi connectivity index (χ2v) is 13.4. The van der Waals surface area contributed by atoms with Gasteiger partial charge in [0.2, 0.25) is 16.0 Å². The lowest BCUT2D eigenvalue weighted by atomic mass is 9.79. The molecular weight excluding hydrogens is 505 g/mol. The van der Waals surface area contributed by atoms with Crippen molar-refractivity contribution in [3.05, 3.63) is 35.2 Å². The molecule has 0 aliphatic carbocycles. The maximum absolute atomic E-state index is 14.6. The molecule has 0 saturated carbocycles. The normalized spacial score (nSPS) is 20.8. The van der Waals surface area contributed by atoms with Crippen molar-refractivity contribution in [1.29, 1.82) is 0 Å². The number of piperidine rings is 1. The summed E-state index contributed by atoms with van der Waals surface area (Å²) in [6.45, 7) is 10.5. The minimum atomic E-state index is -3.20. The van der Waals surface area contributed by atoms with Crippen molar-refractivity contribution < 1.29 is 12.8 Å². The van der Waals surface area contributed by atoms with Crippen molar-refractivity contribution >= 4 is 44.8 Å². The first-order chi connectivity index (χ1) is 16.7. The third kappa shape index (κ3) is 6.56. The minimum absolute atomic E-state index is 0.0605. The van der Waals surface area contributed by atoms with Gasteiger partial charge in [-0.1, -0.05) is 11.6 Å². The van der Waals surface area contributed by atoms with Gasteiger partial charge >= 0.3 is 0 Å². The molecule has 3 N–H and O–H groups in total. The molecule has 2 aromatic rings. The minimum Gasteiger partial charge on any atom is -0.368 e. The summed E-state index contributed by atoms with van der Waals surface area (Å²) in [5, 5.41) is 10.5. The molecule has 9 nitrogen and oxygen atoms in total. The van der Waals surface area contributed by atoms with Crippen molar-refractivity contribution in [3.63, 3.8) is 0 Å². The lowest BCUT2D eigenvalue weighted by Gasteiger charge is -2.46. The Balaban J connectivity index is 1.44. The van der Waals surface area contributed by atoms with Crippen LogP contribution >= 0.6 is 11.6 Å². The van der Waals surface area contributed by atoms with Gasteiger partial charge in [-0.2, -0.15) is 9.29 Å². The van der Waals surface area contributed by atoms with E-state index < -0.39 is 15.8 Å². The summed E-state index contributed by atoms with van der Waals surface area (Å²) in [5.74, 6) is -0.0780. The van der Waals surface area contributed by atoms with E-state index in [0.29, 0.717) is 36.9 Å². The SMILES string of the molecule is CC1(C)CC(Nc2nc(Nc3ccc(N4CCN(S(C)(=O)=O)CC4)c(Cl)c3)ncc2F)CC(C)(C)N1. The zero-order valence-electron chi connectivity index (χ0n) is 21.4. The van der Waals surface area contributed by atoms with Crippen molar-refractivity contribution in [2.24, 2.45) is 0 Å². The third-order valence-electron chi connectivity index (χ3n) is 6.53. The van der Waals surface area contributed by atoms with Crippen LogP contribution in [-0.4, -0.2) is 72.2 Å². The molecular formula is C24H35ClFN7O2S. The molecule has 0 unspecified atom stereocenters. The van der Waals surface area contributed by atoms with E-state index in [9.17, 15) is 12.8 Å². The lowest BCUT2D eigenvalue weighted by Crippen LogP contribution is -2.60. The van der Waals surface area contributed by atoms with Crippen LogP contribution < -0.4 is 20.9 Å². The highest BCUT2D eigenvalue weighted by molar-refractivity contribution is 7.88.